The fourth-order valence-electron chi connectivity index (χ4n) is 5.07. The fraction of sp³-hybridized carbons (Fsp3) is 0.333. The van der Waals surface area contributed by atoms with Crippen LogP contribution in [0.1, 0.15) is 85.3 Å². The van der Waals surface area contributed by atoms with Crippen molar-refractivity contribution in [3.63, 3.8) is 0 Å². The Morgan fingerprint density at radius 1 is 0.660 bits per heavy atom. The zero-order valence-corrected chi connectivity index (χ0v) is 35.9. The predicted octanol–water partition coefficient (Wildman–Crippen LogP) is 15.8. The highest BCUT2D eigenvalue weighted by Crippen LogP contribution is 2.32. The normalized spacial score (nSPS) is 9.62. The first-order valence-corrected chi connectivity index (χ1v) is 21.9. The Kier molecular flexibility index (Phi) is 25.3. The van der Waals surface area contributed by atoms with Gasteiger partial charge in [0.05, 0.1) is 4.92 Å². The van der Waals surface area contributed by atoms with Crippen LogP contribution in [0.4, 0.5) is 5.69 Å². The highest BCUT2D eigenvalue weighted by molar-refractivity contribution is 7.99. The van der Waals surface area contributed by atoms with Gasteiger partial charge in [-0.2, -0.15) is 0 Å². The summed E-state index contributed by atoms with van der Waals surface area (Å²) in [6, 6.07) is 33.4. The number of rotatable bonds is 11. The van der Waals surface area contributed by atoms with Crippen LogP contribution in [0.3, 0.4) is 0 Å². The number of hydrogen-bond acceptors (Lipinski definition) is 5. The van der Waals surface area contributed by atoms with Crippen molar-refractivity contribution in [3.05, 3.63) is 136 Å². The van der Waals surface area contributed by atoms with Gasteiger partial charge in [-0.25, -0.2) is 0 Å². The monoisotopic (exact) mass is 771 g/mol. The maximum absolute atomic E-state index is 10.8. The average molecular weight is 772 g/mol. The molecule has 0 amide bonds. The van der Waals surface area contributed by atoms with Crippen LogP contribution in [-0.2, 0) is 0 Å². The average Bonchev–Trinajstić information content (AvgIpc) is 4.03. The zero-order valence-electron chi connectivity index (χ0n) is 33.5. The lowest BCUT2D eigenvalue weighted by Gasteiger charge is -2.04. The van der Waals surface area contributed by atoms with Crippen molar-refractivity contribution in [1.29, 1.82) is 0 Å². The van der Waals surface area contributed by atoms with Gasteiger partial charge in [0.15, 0.2) is 0 Å². The van der Waals surface area contributed by atoms with Gasteiger partial charge in [0.1, 0.15) is 0 Å². The topological polar surface area (TPSA) is 74.7 Å². The molecule has 2 N–H and O–H groups in total. The van der Waals surface area contributed by atoms with Crippen molar-refractivity contribution in [2.24, 2.45) is 0 Å². The van der Waals surface area contributed by atoms with Crippen LogP contribution in [0, 0.1) is 24.0 Å². The van der Waals surface area contributed by atoms with E-state index in [0.29, 0.717) is 11.1 Å². The van der Waals surface area contributed by atoms with Gasteiger partial charge >= 0.3 is 0 Å². The van der Waals surface area contributed by atoms with E-state index in [1.54, 1.807) is 36.9 Å². The third kappa shape index (κ3) is 16.7. The Morgan fingerprint density at radius 3 is 1.57 bits per heavy atom. The number of nitro benzene ring substituents is 1. The smallest absolute Gasteiger partial charge is 0.275 e. The molecule has 5 nitrogen and oxygen atoms in total. The van der Waals surface area contributed by atoms with Crippen LogP contribution >= 0.6 is 34.9 Å². The van der Waals surface area contributed by atoms with E-state index in [-0.39, 0.29) is 10.6 Å². The zero-order chi connectivity index (χ0) is 39.4. The van der Waals surface area contributed by atoms with Crippen molar-refractivity contribution >= 4 is 40.5 Å². The Hall–Kier alpha value is -3.98. The Bertz CT molecular complexity index is 1720. The summed E-state index contributed by atoms with van der Waals surface area (Å²) < 4.78 is 0. The highest BCUT2D eigenvalue weighted by atomic mass is 32.2. The number of aromatic amines is 2. The molecular formula is C45H61N3O2S3. The summed E-state index contributed by atoms with van der Waals surface area (Å²) in [6.07, 6.45) is 11.4. The quantitative estimate of drug-likeness (QED) is 0.0595. The Balaban J connectivity index is 0.000000374. The first-order chi connectivity index (χ1) is 25.9. The number of hydrogen-bond donors (Lipinski definition) is 2. The van der Waals surface area contributed by atoms with Gasteiger partial charge in [0, 0.05) is 49.6 Å². The molecule has 3 aromatic carbocycles. The standard InChI is InChI=1S/C16H21NS.C12H11NO2S.C11H11NS.3C2H6/c1-2-3-4-5-13-18-15-10-8-14(9-11-15)16-7-6-12-17-16;1-8-6-10(11-4-3-5-16-11)7-9(2)12(8)13(14)15;1-13-10-6-4-9(5-7-10)11-3-2-8-12-11;3*1-2/h6-12,17H,2-5,13H2,1H3;3-7H,1-2H3;2-8,12H,1H3;3*1-2H3. The predicted molar refractivity (Wildman–Crippen MR) is 239 cm³/mol. The van der Waals surface area contributed by atoms with Gasteiger partial charge < -0.3 is 9.97 Å². The number of nitro groups is 1. The maximum Gasteiger partial charge on any atom is 0.275 e. The van der Waals surface area contributed by atoms with Gasteiger partial charge in [-0.3, -0.25) is 10.1 Å². The molecule has 3 aromatic heterocycles. The van der Waals surface area contributed by atoms with Crippen LogP contribution < -0.4 is 0 Å². The van der Waals surface area contributed by atoms with Crippen LogP contribution in [0.25, 0.3) is 33.0 Å². The number of H-pyrrole nitrogens is 2. The maximum atomic E-state index is 10.8. The second-order valence-corrected chi connectivity index (χ2v) is 14.0. The Morgan fingerprint density at radius 2 is 1.17 bits per heavy atom. The van der Waals surface area contributed by atoms with Gasteiger partial charge in [-0.1, -0.05) is 98.1 Å². The number of aryl methyl sites for hydroxylation is 2. The minimum absolute atomic E-state index is 0.223. The van der Waals surface area contributed by atoms with Crippen LogP contribution in [0.2, 0.25) is 0 Å². The van der Waals surface area contributed by atoms with Crippen molar-refractivity contribution < 1.29 is 4.92 Å². The lowest BCUT2D eigenvalue weighted by Crippen LogP contribution is -1.95. The van der Waals surface area contributed by atoms with Crippen LogP contribution in [0.15, 0.2) is 125 Å². The number of nitrogens with zero attached hydrogens (tertiary/aromatic N) is 1. The molecule has 6 aromatic rings. The van der Waals surface area contributed by atoms with Crippen molar-refractivity contribution in [1.82, 2.24) is 9.97 Å². The van der Waals surface area contributed by atoms with E-state index in [0.717, 1.165) is 10.4 Å². The van der Waals surface area contributed by atoms with Crippen LogP contribution in [0.5, 0.6) is 0 Å². The molecule has 0 saturated heterocycles. The molecular weight excluding hydrogens is 711 g/mol. The van der Waals surface area contributed by atoms with E-state index in [2.05, 4.69) is 83.8 Å². The van der Waals surface area contributed by atoms with E-state index in [9.17, 15) is 10.1 Å². The first-order valence-electron chi connectivity index (χ1n) is 18.8. The molecule has 3 heterocycles. The van der Waals surface area contributed by atoms with Gasteiger partial charge in [0.25, 0.3) is 5.69 Å². The number of benzene rings is 3. The minimum Gasteiger partial charge on any atom is -0.361 e. The molecule has 6 rings (SSSR count). The minimum atomic E-state index is -0.317. The third-order valence-electron chi connectivity index (χ3n) is 7.51. The van der Waals surface area contributed by atoms with E-state index < -0.39 is 0 Å². The molecule has 0 aliphatic heterocycles. The van der Waals surface area contributed by atoms with Gasteiger partial charge in [-0.15, -0.1) is 34.9 Å². The second kappa shape index (κ2) is 28.5. The molecule has 0 unspecified atom stereocenters. The largest absolute Gasteiger partial charge is 0.361 e. The molecule has 8 heteroatoms. The summed E-state index contributed by atoms with van der Waals surface area (Å²) in [5.41, 5.74) is 7.57. The molecule has 0 bridgehead atoms. The molecule has 0 spiro atoms. The third-order valence-corrected chi connectivity index (χ3v) is 10.3. The fourth-order valence-corrected chi connectivity index (χ4v) is 7.10. The lowest BCUT2D eigenvalue weighted by molar-refractivity contribution is -0.386. The molecule has 0 atom stereocenters. The number of thiophene rings is 1. The van der Waals surface area contributed by atoms with E-state index in [1.165, 1.54) is 63.7 Å². The SMILES string of the molecule is CC.CC.CC.CCCCCCSc1ccc(-c2ccc[nH]2)cc1.CSc1ccc(-c2ccc[nH]2)cc1.Cc1cc(-c2cccs2)cc(C)c1[N+](=O)[O-]. The van der Waals surface area contributed by atoms with E-state index >= 15 is 0 Å². The number of nitrogens with one attached hydrogen (secondary N) is 2. The highest BCUT2D eigenvalue weighted by Gasteiger charge is 2.16. The molecule has 0 aliphatic rings. The summed E-state index contributed by atoms with van der Waals surface area (Å²) in [6.45, 7) is 17.8. The van der Waals surface area contributed by atoms with Gasteiger partial charge in [-0.05, 0) is 121 Å². The number of thioether (sulfide) groups is 2. The summed E-state index contributed by atoms with van der Waals surface area (Å²) in [5.74, 6) is 1.24. The molecule has 0 radical (unpaired) electrons. The molecule has 53 heavy (non-hydrogen) atoms. The van der Waals surface area contributed by atoms with Crippen molar-refractivity contribution in [2.45, 2.75) is 97.8 Å². The molecule has 0 aliphatic carbocycles. The summed E-state index contributed by atoms with van der Waals surface area (Å²) in [5, 5.41) is 12.8. The Labute approximate surface area is 332 Å². The van der Waals surface area contributed by atoms with Crippen LogP contribution in [-0.4, -0.2) is 26.9 Å². The second-order valence-electron chi connectivity index (χ2n) is 11.0. The molecule has 0 saturated carbocycles. The summed E-state index contributed by atoms with van der Waals surface area (Å²) >= 11 is 5.37. The first kappa shape index (κ1) is 47.0. The summed E-state index contributed by atoms with van der Waals surface area (Å²) in [7, 11) is 0. The van der Waals surface area contributed by atoms with E-state index in [1.807, 2.05) is 107 Å². The van der Waals surface area contributed by atoms with E-state index in [4.69, 9.17) is 0 Å². The molecule has 0 fully saturated rings. The van der Waals surface area contributed by atoms with Gasteiger partial charge in [0.2, 0.25) is 0 Å². The lowest BCUT2D eigenvalue weighted by atomic mass is 10.0. The number of unbranched alkanes of at least 4 members (excludes halogenated alkanes) is 3. The van der Waals surface area contributed by atoms with Crippen molar-refractivity contribution in [3.8, 4) is 33.0 Å². The summed E-state index contributed by atoms with van der Waals surface area (Å²) in [4.78, 5) is 20.8. The number of aromatic nitrogens is 2. The van der Waals surface area contributed by atoms with Crippen molar-refractivity contribution in [2.75, 3.05) is 12.0 Å². The molecule has 286 valence electrons.